The molecule has 0 spiro atoms. The van der Waals surface area contributed by atoms with E-state index in [1.807, 2.05) is 0 Å². The van der Waals surface area contributed by atoms with Gasteiger partial charge < -0.3 is 15.4 Å². The van der Waals surface area contributed by atoms with Gasteiger partial charge in [0.25, 0.3) is 11.8 Å². The number of halogens is 5. The second kappa shape index (κ2) is 9.81. The van der Waals surface area contributed by atoms with Gasteiger partial charge in [-0.15, -0.1) is 0 Å². The van der Waals surface area contributed by atoms with Crippen molar-refractivity contribution in [2.24, 2.45) is 0 Å². The summed E-state index contributed by atoms with van der Waals surface area (Å²) < 4.78 is 68.8. The summed E-state index contributed by atoms with van der Waals surface area (Å²) in [7, 11) is 0. The number of carbonyl (C=O) groups excluding carboxylic acids is 3. The lowest BCUT2D eigenvalue weighted by Crippen LogP contribution is -2.28. The largest absolute Gasteiger partial charge is 0.456 e. The molecule has 0 aromatic heterocycles. The molecule has 0 atom stereocenters. The third kappa shape index (κ3) is 6.83. The number of nitrogens with one attached hydrogen (secondary N) is 2. The van der Waals surface area contributed by atoms with Crippen molar-refractivity contribution in [2.45, 2.75) is 12.6 Å². The second-order valence-corrected chi connectivity index (χ2v) is 5.92. The highest BCUT2D eigenvalue weighted by molar-refractivity contribution is 5.95. The van der Waals surface area contributed by atoms with Crippen LogP contribution in [-0.4, -0.2) is 30.9 Å². The van der Waals surface area contributed by atoms with Gasteiger partial charge in [0, 0.05) is 18.3 Å². The van der Waals surface area contributed by atoms with Crippen LogP contribution in [0.2, 0.25) is 0 Å². The Balaban J connectivity index is 1.74. The van der Waals surface area contributed by atoms with E-state index in [4.69, 9.17) is 0 Å². The minimum Gasteiger partial charge on any atom is -0.456 e. The van der Waals surface area contributed by atoms with Gasteiger partial charge in [0.1, 0.15) is 11.6 Å². The van der Waals surface area contributed by atoms with Crippen molar-refractivity contribution in [1.82, 2.24) is 5.32 Å². The number of amides is 2. The molecule has 6 nitrogen and oxygen atoms in total. The summed E-state index contributed by atoms with van der Waals surface area (Å²) in [6.45, 7) is -1.00. The van der Waals surface area contributed by atoms with Crippen molar-refractivity contribution >= 4 is 23.5 Å². The number of ether oxygens (including phenoxy) is 1. The maximum atomic E-state index is 13.5. The van der Waals surface area contributed by atoms with Crippen LogP contribution in [0.1, 0.15) is 22.3 Å². The Hall–Kier alpha value is -3.50. The van der Waals surface area contributed by atoms with E-state index >= 15 is 0 Å². The predicted octanol–water partition coefficient (Wildman–Crippen LogP) is 3.29. The summed E-state index contributed by atoms with van der Waals surface area (Å²) in [6.07, 6.45) is -4.93. The van der Waals surface area contributed by atoms with E-state index in [1.165, 1.54) is 6.07 Å². The number of hydrogen-bond donors (Lipinski definition) is 2. The molecule has 2 N–H and O–H groups in total. The van der Waals surface area contributed by atoms with Gasteiger partial charge in [-0.2, -0.15) is 13.2 Å². The summed E-state index contributed by atoms with van der Waals surface area (Å²) in [5.41, 5.74) is -1.49. The van der Waals surface area contributed by atoms with Gasteiger partial charge in [0.05, 0.1) is 17.5 Å². The fraction of sp³-hybridized carbons (Fsp3) is 0.211. The summed E-state index contributed by atoms with van der Waals surface area (Å²) in [5.74, 6) is -4.53. The van der Waals surface area contributed by atoms with Gasteiger partial charge in [0.15, 0.2) is 6.61 Å². The molecule has 0 aliphatic rings. The van der Waals surface area contributed by atoms with Gasteiger partial charge in [0.2, 0.25) is 0 Å². The van der Waals surface area contributed by atoms with E-state index in [9.17, 15) is 36.3 Å². The minimum absolute atomic E-state index is 0.125. The van der Waals surface area contributed by atoms with E-state index in [0.717, 1.165) is 30.3 Å². The van der Waals surface area contributed by atoms with Crippen LogP contribution in [0.4, 0.5) is 27.6 Å². The maximum absolute atomic E-state index is 13.5. The van der Waals surface area contributed by atoms with Gasteiger partial charge in [-0.1, -0.05) is 6.07 Å². The summed E-state index contributed by atoms with van der Waals surface area (Å²) >= 11 is 0. The smallest absolute Gasteiger partial charge is 0.416 e. The van der Waals surface area contributed by atoms with Crippen molar-refractivity contribution in [3.05, 3.63) is 65.2 Å². The van der Waals surface area contributed by atoms with Crippen LogP contribution in [0.25, 0.3) is 0 Å². The van der Waals surface area contributed by atoms with Crippen molar-refractivity contribution < 1.29 is 41.1 Å². The molecule has 0 heterocycles. The molecule has 0 fully saturated rings. The third-order valence-electron chi connectivity index (χ3n) is 3.63. The summed E-state index contributed by atoms with van der Waals surface area (Å²) in [4.78, 5) is 35.0. The van der Waals surface area contributed by atoms with Gasteiger partial charge in [-0.3, -0.25) is 14.4 Å². The number of esters is 1. The molecule has 30 heavy (non-hydrogen) atoms. The Bertz CT molecular complexity index is 947. The highest BCUT2D eigenvalue weighted by Crippen LogP contribution is 2.30. The number of benzene rings is 2. The first-order valence-electron chi connectivity index (χ1n) is 8.42. The molecule has 160 valence electrons. The van der Waals surface area contributed by atoms with E-state index in [-0.39, 0.29) is 18.7 Å². The molecule has 2 rings (SSSR count). The predicted molar refractivity (Wildman–Crippen MR) is 94.3 cm³/mol. The lowest BCUT2D eigenvalue weighted by molar-refractivity contribution is -0.147. The van der Waals surface area contributed by atoms with Crippen molar-refractivity contribution in [2.75, 3.05) is 18.5 Å². The molecular weight excluding hydrogens is 415 g/mol. The zero-order valence-corrected chi connectivity index (χ0v) is 15.2. The Morgan fingerprint density at radius 3 is 2.40 bits per heavy atom. The van der Waals surface area contributed by atoms with Crippen LogP contribution >= 0.6 is 0 Å². The van der Waals surface area contributed by atoms with Gasteiger partial charge in [-0.05, 0) is 30.3 Å². The van der Waals surface area contributed by atoms with Crippen LogP contribution in [0.5, 0.6) is 0 Å². The van der Waals surface area contributed by atoms with Crippen LogP contribution in [0.15, 0.2) is 42.5 Å². The molecule has 0 saturated carbocycles. The molecular formula is C19H15F5N2O4. The van der Waals surface area contributed by atoms with Crippen molar-refractivity contribution in [3.8, 4) is 0 Å². The van der Waals surface area contributed by atoms with Crippen molar-refractivity contribution in [3.63, 3.8) is 0 Å². The lowest BCUT2D eigenvalue weighted by atomic mass is 10.2. The normalized spacial score (nSPS) is 11.0. The maximum Gasteiger partial charge on any atom is 0.416 e. The average molecular weight is 430 g/mol. The number of alkyl halides is 3. The number of rotatable bonds is 7. The number of hydrogen-bond acceptors (Lipinski definition) is 4. The topological polar surface area (TPSA) is 84.5 Å². The first-order valence-corrected chi connectivity index (χ1v) is 8.42. The molecule has 0 aliphatic carbocycles. The number of anilines is 1. The van der Waals surface area contributed by atoms with Crippen molar-refractivity contribution in [1.29, 1.82) is 0 Å². The zero-order chi connectivity index (χ0) is 22.3. The average Bonchev–Trinajstić information content (AvgIpc) is 2.66. The van der Waals surface area contributed by atoms with E-state index in [0.29, 0.717) is 6.07 Å². The molecule has 2 amide bonds. The molecule has 2 aromatic carbocycles. The minimum atomic E-state index is -4.57. The molecule has 0 aliphatic heterocycles. The Labute approximate surface area is 167 Å². The van der Waals surface area contributed by atoms with E-state index < -0.39 is 53.3 Å². The third-order valence-corrected chi connectivity index (χ3v) is 3.63. The molecule has 0 saturated heterocycles. The SMILES string of the molecule is O=C(COC(=O)CCNC(=O)c1ccc(F)cc1F)Nc1cccc(C(F)(F)F)c1. The number of carbonyl (C=O) groups is 3. The Morgan fingerprint density at radius 1 is 1.00 bits per heavy atom. The molecule has 2 aromatic rings. The molecule has 0 unspecified atom stereocenters. The van der Waals surface area contributed by atoms with Crippen LogP contribution in [0.3, 0.4) is 0 Å². The monoisotopic (exact) mass is 430 g/mol. The molecule has 11 heteroatoms. The van der Waals surface area contributed by atoms with Gasteiger partial charge in [-0.25, -0.2) is 8.78 Å². The van der Waals surface area contributed by atoms with Gasteiger partial charge >= 0.3 is 12.1 Å². The standard InChI is InChI=1S/C19H15F5N2O4/c20-12-4-5-14(15(21)9-12)18(29)25-7-6-17(28)30-10-16(27)26-13-3-1-2-11(8-13)19(22,23)24/h1-5,8-9H,6-7,10H2,(H,25,29)(H,26,27). The fourth-order valence-corrected chi connectivity index (χ4v) is 2.24. The first kappa shape index (κ1) is 22.8. The van der Waals surface area contributed by atoms with Crippen LogP contribution in [0, 0.1) is 11.6 Å². The van der Waals surface area contributed by atoms with E-state index in [2.05, 4.69) is 15.4 Å². The Kier molecular flexibility index (Phi) is 7.45. The highest BCUT2D eigenvalue weighted by atomic mass is 19.4. The quantitative estimate of drug-likeness (QED) is 0.522. The van der Waals surface area contributed by atoms with Crippen LogP contribution < -0.4 is 10.6 Å². The second-order valence-electron chi connectivity index (χ2n) is 5.92. The zero-order valence-electron chi connectivity index (χ0n) is 15.2. The Morgan fingerprint density at radius 2 is 1.73 bits per heavy atom. The summed E-state index contributed by atoms with van der Waals surface area (Å²) in [5, 5.41) is 4.39. The molecule has 0 bridgehead atoms. The van der Waals surface area contributed by atoms with Crippen LogP contribution in [-0.2, 0) is 20.5 Å². The molecule has 0 radical (unpaired) electrons. The fourth-order valence-electron chi connectivity index (χ4n) is 2.24. The summed E-state index contributed by atoms with van der Waals surface area (Å²) in [6, 6.07) is 6.28. The first-order chi connectivity index (χ1) is 14.1. The highest BCUT2D eigenvalue weighted by Gasteiger charge is 2.30. The van der Waals surface area contributed by atoms with E-state index in [1.54, 1.807) is 0 Å². The lowest BCUT2D eigenvalue weighted by Gasteiger charge is -2.10.